The Kier molecular flexibility index (Phi) is 8.39. The number of hydrogen-bond donors (Lipinski definition) is 3. The third-order valence-corrected chi connectivity index (χ3v) is 5.24. The molecule has 0 aliphatic rings. The first-order valence-corrected chi connectivity index (χ1v) is 10.8. The van der Waals surface area contributed by atoms with Crippen LogP contribution >= 0.6 is 0 Å². The minimum absolute atomic E-state index is 0.0148. The highest BCUT2D eigenvalue weighted by atomic mass is 16.5. The fraction of sp³-hybridized carbons (Fsp3) is 0.375. The molecule has 3 aromatic rings. The normalized spacial score (nSPS) is 11.9. The van der Waals surface area contributed by atoms with Crippen LogP contribution in [0.25, 0.3) is 11.0 Å². The smallest absolute Gasteiger partial charge is 0.356 e. The highest BCUT2D eigenvalue weighted by molar-refractivity contribution is 6.11. The molecule has 2 aromatic heterocycles. The lowest BCUT2D eigenvalue weighted by Gasteiger charge is -2.14. The fourth-order valence-electron chi connectivity index (χ4n) is 3.65. The van der Waals surface area contributed by atoms with Crippen molar-refractivity contribution in [3.63, 3.8) is 0 Å². The number of pyridine rings is 1. The van der Waals surface area contributed by atoms with Crippen LogP contribution in [0.2, 0.25) is 0 Å². The van der Waals surface area contributed by atoms with Gasteiger partial charge >= 0.3 is 5.97 Å². The molecular weight excluding hydrogens is 424 g/mol. The van der Waals surface area contributed by atoms with Crippen LogP contribution in [0.5, 0.6) is 0 Å². The van der Waals surface area contributed by atoms with Crippen LogP contribution in [0, 0.1) is 0 Å². The minimum atomic E-state index is -0.581. The van der Waals surface area contributed by atoms with Gasteiger partial charge in [0, 0.05) is 31.7 Å². The molecule has 0 aliphatic carbocycles. The summed E-state index contributed by atoms with van der Waals surface area (Å²) >= 11 is 0. The molecule has 1 atom stereocenters. The number of aromatic nitrogens is 2. The van der Waals surface area contributed by atoms with Crippen LogP contribution in [0.4, 0.5) is 11.4 Å². The molecule has 0 radical (unpaired) electrons. The molecule has 0 fully saturated rings. The van der Waals surface area contributed by atoms with E-state index in [1.807, 2.05) is 43.3 Å². The summed E-state index contributed by atoms with van der Waals surface area (Å²) in [5, 5.41) is 16.0. The van der Waals surface area contributed by atoms with Gasteiger partial charge in [-0.3, -0.25) is 4.79 Å². The second-order valence-corrected chi connectivity index (χ2v) is 7.72. The molecule has 1 unspecified atom stereocenters. The lowest BCUT2D eigenvalue weighted by Crippen LogP contribution is -2.19. The van der Waals surface area contributed by atoms with E-state index in [2.05, 4.69) is 15.6 Å². The van der Waals surface area contributed by atoms with E-state index in [9.17, 15) is 14.7 Å². The summed E-state index contributed by atoms with van der Waals surface area (Å²) in [6.07, 6.45) is 2.39. The number of benzene rings is 1. The molecule has 0 aliphatic heterocycles. The van der Waals surface area contributed by atoms with Gasteiger partial charge < -0.3 is 29.8 Å². The molecule has 0 bridgehead atoms. The molecular formula is C24H30N4O5. The number of carbonyl (C=O) groups is 2. The van der Waals surface area contributed by atoms with E-state index < -0.39 is 5.97 Å². The number of nitrogens with zero attached hydrogens (tertiary/aromatic N) is 2. The van der Waals surface area contributed by atoms with Crippen molar-refractivity contribution in [1.82, 2.24) is 9.55 Å². The second kappa shape index (κ2) is 11.4. The monoisotopic (exact) mass is 454 g/mol. The average molecular weight is 455 g/mol. The maximum atomic E-state index is 12.9. The number of methoxy groups -OCH3 is 2. The third kappa shape index (κ3) is 5.88. The van der Waals surface area contributed by atoms with Crippen molar-refractivity contribution >= 4 is 34.3 Å². The molecule has 3 rings (SSSR count). The van der Waals surface area contributed by atoms with Gasteiger partial charge in [0.05, 0.1) is 37.7 Å². The first-order chi connectivity index (χ1) is 16.0. The zero-order valence-electron chi connectivity index (χ0n) is 19.1. The van der Waals surface area contributed by atoms with Crippen molar-refractivity contribution in [1.29, 1.82) is 0 Å². The molecule has 2 heterocycles. The largest absolute Gasteiger partial charge is 0.464 e. The van der Waals surface area contributed by atoms with Gasteiger partial charge in [-0.1, -0.05) is 30.3 Å². The van der Waals surface area contributed by atoms with Gasteiger partial charge in [0.2, 0.25) is 5.91 Å². The minimum Gasteiger partial charge on any atom is -0.464 e. The molecule has 0 saturated carbocycles. The summed E-state index contributed by atoms with van der Waals surface area (Å²) in [7, 11) is 2.87. The molecule has 33 heavy (non-hydrogen) atoms. The Morgan fingerprint density at radius 3 is 2.64 bits per heavy atom. The summed E-state index contributed by atoms with van der Waals surface area (Å²) in [6, 6.07) is 11.2. The Morgan fingerprint density at radius 2 is 1.97 bits per heavy atom. The Bertz CT molecular complexity index is 1100. The number of aliphatic hydroxyl groups excluding tert-OH is 1. The predicted molar refractivity (Wildman–Crippen MR) is 127 cm³/mol. The maximum Gasteiger partial charge on any atom is 0.356 e. The van der Waals surface area contributed by atoms with Gasteiger partial charge in [0.1, 0.15) is 5.65 Å². The first kappa shape index (κ1) is 24.2. The van der Waals surface area contributed by atoms with Crippen molar-refractivity contribution in [2.45, 2.75) is 32.4 Å². The van der Waals surface area contributed by atoms with Crippen LogP contribution in [0.15, 0.2) is 42.6 Å². The van der Waals surface area contributed by atoms with Gasteiger partial charge in [0.25, 0.3) is 0 Å². The predicted octanol–water partition coefficient (Wildman–Crippen LogP) is 2.83. The molecule has 9 nitrogen and oxygen atoms in total. The van der Waals surface area contributed by atoms with E-state index in [-0.39, 0.29) is 30.7 Å². The molecule has 1 aromatic carbocycles. The van der Waals surface area contributed by atoms with E-state index in [0.29, 0.717) is 42.0 Å². The van der Waals surface area contributed by atoms with E-state index in [1.54, 1.807) is 17.9 Å². The number of aliphatic hydroxyl groups is 1. The van der Waals surface area contributed by atoms with Gasteiger partial charge in [0.15, 0.2) is 5.69 Å². The van der Waals surface area contributed by atoms with Gasteiger partial charge in [-0.2, -0.15) is 0 Å². The number of amides is 1. The lowest BCUT2D eigenvalue weighted by molar-refractivity contribution is -0.115. The summed E-state index contributed by atoms with van der Waals surface area (Å²) in [4.78, 5) is 30.2. The number of esters is 1. The summed E-state index contributed by atoms with van der Waals surface area (Å²) in [5.41, 5.74) is 2.65. The Balaban J connectivity index is 2.07. The number of hydrogen-bond acceptors (Lipinski definition) is 7. The lowest BCUT2D eigenvalue weighted by atomic mass is 10.1. The van der Waals surface area contributed by atoms with Crippen LogP contribution in [0.3, 0.4) is 0 Å². The molecule has 176 valence electrons. The van der Waals surface area contributed by atoms with Crippen molar-refractivity contribution in [2.75, 3.05) is 38.1 Å². The molecule has 3 N–H and O–H groups in total. The maximum absolute atomic E-state index is 12.9. The Hall–Kier alpha value is -3.43. The average Bonchev–Trinajstić information content (AvgIpc) is 3.10. The Morgan fingerprint density at radius 1 is 1.21 bits per heavy atom. The van der Waals surface area contributed by atoms with Crippen LogP contribution in [-0.4, -0.2) is 60.0 Å². The first-order valence-electron chi connectivity index (χ1n) is 10.8. The highest BCUT2D eigenvalue weighted by Crippen LogP contribution is 2.33. The second-order valence-electron chi connectivity index (χ2n) is 7.72. The molecule has 1 amide bonds. The Labute approximate surface area is 192 Å². The van der Waals surface area contributed by atoms with E-state index >= 15 is 0 Å². The van der Waals surface area contributed by atoms with E-state index in [4.69, 9.17) is 9.47 Å². The molecule has 0 spiro atoms. The van der Waals surface area contributed by atoms with Crippen molar-refractivity contribution in [3.8, 4) is 0 Å². The zero-order valence-corrected chi connectivity index (χ0v) is 19.1. The number of carbonyl (C=O) groups excluding carboxylic acids is 2. The summed E-state index contributed by atoms with van der Waals surface area (Å²) in [5.74, 6) is -0.841. The van der Waals surface area contributed by atoms with Gasteiger partial charge in [-0.05, 0) is 25.0 Å². The SMILES string of the molecule is COCCn1c(C(=O)OC)c(NC(=O)Cc2ccccc2)c2cc(NC(C)CCO)cnc21. The van der Waals surface area contributed by atoms with Gasteiger partial charge in [-0.25, -0.2) is 9.78 Å². The number of nitrogens with one attached hydrogen (secondary N) is 2. The van der Waals surface area contributed by atoms with Crippen molar-refractivity contribution in [2.24, 2.45) is 0 Å². The van der Waals surface area contributed by atoms with Crippen LogP contribution in [0.1, 0.15) is 29.4 Å². The van der Waals surface area contributed by atoms with Crippen LogP contribution in [-0.2, 0) is 27.2 Å². The van der Waals surface area contributed by atoms with Crippen molar-refractivity contribution < 1.29 is 24.2 Å². The molecule has 9 heteroatoms. The van der Waals surface area contributed by atoms with Crippen LogP contribution < -0.4 is 10.6 Å². The summed E-state index contributed by atoms with van der Waals surface area (Å²) < 4.78 is 11.9. The van der Waals surface area contributed by atoms with E-state index in [1.165, 1.54) is 7.11 Å². The third-order valence-electron chi connectivity index (χ3n) is 5.24. The number of ether oxygens (including phenoxy) is 2. The topological polar surface area (TPSA) is 115 Å². The standard InChI is InChI=1S/C24H30N4O5/c1-16(9-11-29)26-18-14-19-21(27-20(30)13-17-7-5-4-6-8-17)22(24(31)33-3)28(10-12-32-2)23(19)25-15-18/h4-8,14-16,26,29H,9-13H2,1-3H3,(H,27,30). The zero-order chi connectivity index (χ0) is 23.8. The quantitative estimate of drug-likeness (QED) is 0.382. The van der Waals surface area contributed by atoms with Gasteiger partial charge in [-0.15, -0.1) is 0 Å². The highest BCUT2D eigenvalue weighted by Gasteiger charge is 2.26. The number of fused-ring (bicyclic) bond motifs is 1. The van der Waals surface area contributed by atoms with E-state index in [0.717, 1.165) is 5.56 Å². The summed E-state index contributed by atoms with van der Waals surface area (Å²) in [6.45, 7) is 2.71. The fourth-order valence-corrected chi connectivity index (χ4v) is 3.65. The number of rotatable bonds is 11. The molecule has 0 saturated heterocycles. The van der Waals surface area contributed by atoms with Crippen molar-refractivity contribution in [3.05, 3.63) is 53.9 Å². The number of anilines is 2.